The predicted molar refractivity (Wildman–Crippen MR) is 106 cm³/mol. The first-order chi connectivity index (χ1) is 13.7. The SMILES string of the molecule is CCc1ccccc1OCC(=O)NCc1ccc(NC(=O)c2ccco2)cc1. The molecule has 0 aliphatic heterocycles. The first-order valence-corrected chi connectivity index (χ1v) is 9.07. The monoisotopic (exact) mass is 378 g/mol. The van der Waals surface area contributed by atoms with Gasteiger partial charge in [0.05, 0.1) is 6.26 Å². The van der Waals surface area contributed by atoms with Crippen LogP contribution in [0.3, 0.4) is 0 Å². The molecule has 6 nitrogen and oxygen atoms in total. The maximum atomic E-state index is 12.0. The molecule has 0 radical (unpaired) electrons. The van der Waals surface area contributed by atoms with Crippen LogP contribution in [0, 0.1) is 0 Å². The van der Waals surface area contributed by atoms with Gasteiger partial charge < -0.3 is 19.8 Å². The van der Waals surface area contributed by atoms with Gasteiger partial charge in [-0.05, 0) is 47.9 Å². The van der Waals surface area contributed by atoms with E-state index in [0.29, 0.717) is 12.2 Å². The molecule has 0 unspecified atom stereocenters. The molecule has 0 aliphatic carbocycles. The average Bonchev–Trinajstić information content (AvgIpc) is 3.27. The molecule has 28 heavy (non-hydrogen) atoms. The Morgan fingerprint density at radius 3 is 2.50 bits per heavy atom. The van der Waals surface area contributed by atoms with Crippen LogP contribution in [-0.4, -0.2) is 18.4 Å². The number of rotatable bonds is 8. The molecule has 0 atom stereocenters. The summed E-state index contributed by atoms with van der Waals surface area (Å²) < 4.78 is 10.7. The first-order valence-electron chi connectivity index (χ1n) is 9.07. The third kappa shape index (κ3) is 5.23. The number of furan rings is 1. The zero-order valence-electron chi connectivity index (χ0n) is 15.6. The number of anilines is 1. The molecule has 3 aromatic rings. The zero-order valence-corrected chi connectivity index (χ0v) is 15.6. The average molecular weight is 378 g/mol. The molecule has 2 N–H and O–H groups in total. The fourth-order valence-electron chi connectivity index (χ4n) is 2.64. The van der Waals surface area contributed by atoms with Gasteiger partial charge in [0.1, 0.15) is 5.75 Å². The van der Waals surface area contributed by atoms with E-state index in [1.54, 1.807) is 24.3 Å². The van der Waals surface area contributed by atoms with Crippen molar-refractivity contribution in [2.45, 2.75) is 19.9 Å². The Balaban J connectivity index is 1.45. The highest BCUT2D eigenvalue weighted by Crippen LogP contribution is 2.18. The number of nitrogens with one attached hydrogen (secondary N) is 2. The molecule has 0 saturated heterocycles. The zero-order chi connectivity index (χ0) is 19.8. The highest BCUT2D eigenvalue weighted by molar-refractivity contribution is 6.02. The van der Waals surface area contributed by atoms with Gasteiger partial charge in [-0.25, -0.2) is 0 Å². The summed E-state index contributed by atoms with van der Waals surface area (Å²) in [5.41, 5.74) is 2.64. The number of hydrogen-bond donors (Lipinski definition) is 2. The normalized spacial score (nSPS) is 10.3. The molecular formula is C22H22N2O4. The second-order valence-corrected chi connectivity index (χ2v) is 6.16. The van der Waals surface area contributed by atoms with Crippen LogP contribution in [0.5, 0.6) is 5.75 Å². The summed E-state index contributed by atoms with van der Waals surface area (Å²) in [6.07, 6.45) is 2.30. The van der Waals surface area contributed by atoms with E-state index in [2.05, 4.69) is 10.6 Å². The summed E-state index contributed by atoms with van der Waals surface area (Å²) in [4.78, 5) is 24.0. The lowest BCUT2D eigenvalue weighted by Crippen LogP contribution is -2.28. The van der Waals surface area contributed by atoms with Crippen LogP contribution in [0.4, 0.5) is 5.69 Å². The quantitative estimate of drug-likeness (QED) is 0.625. The minimum atomic E-state index is -0.310. The van der Waals surface area contributed by atoms with E-state index in [-0.39, 0.29) is 24.2 Å². The summed E-state index contributed by atoms with van der Waals surface area (Å²) in [7, 11) is 0. The molecule has 2 amide bonds. The van der Waals surface area contributed by atoms with Crippen molar-refractivity contribution >= 4 is 17.5 Å². The van der Waals surface area contributed by atoms with Crippen LogP contribution in [0.15, 0.2) is 71.3 Å². The maximum Gasteiger partial charge on any atom is 0.291 e. The van der Waals surface area contributed by atoms with E-state index >= 15 is 0 Å². The molecule has 3 rings (SSSR count). The minimum absolute atomic E-state index is 0.0334. The van der Waals surface area contributed by atoms with Crippen LogP contribution in [0.25, 0.3) is 0 Å². The molecule has 6 heteroatoms. The van der Waals surface area contributed by atoms with Gasteiger partial charge >= 0.3 is 0 Å². The first kappa shape index (κ1) is 19.2. The molecule has 0 spiro atoms. The van der Waals surface area contributed by atoms with Crippen molar-refractivity contribution in [3.05, 3.63) is 83.8 Å². The van der Waals surface area contributed by atoms with Crippen molar-refractivity contribution in [3.63, 3.8) is 0 Å². The van der Waals surface area contributed by atoms with Crippen LogP contribution in [-0.2, 0) is 17.8 Å². The second-order valence-electron chi connectivity index (χ2n) is 6.16. The van der Waals surface area contributed by atoms with E-state index in [1.165, 1.54) is 6.26 Å². The number of carbonyl (C=O) groups excluding carboxylic acids is 2. The lowest BCUT2D eigenvalue weighted by Gasteiger charge is -2.11. The highest BCUT2D eigenvalue weighted by Gasteiger charge is 2.09. The number of carbonyl (C=O) groups is 2. The molecule has 0 fully saturated rings. The van der Waals surface area contributed by atoms with Gasteiger partial charge in [-0.3, -0.25) is 9.59 Å². The predicted octanol–water partition coefficient (Wildman–Crippen LogP) is 3.79. The molecule has 1 aromatic heterocycles. The van der Waals surface area contributed by atoms with Gasteiger partial charge in [0.15, 0.2) is 12.4 Å². The molecule has 0 aliphatic rings. The Labute approximate surface area is 163 Å². The Hall–Kier alpha value is -3.54. The third-order valence-electron chi connectivity index (χ3n) is 4.16. The number of hydrogen-bond acceptors (Lipinski definition) is 4. The van der Waals surface area contributed by atoms with Crippen molar-refractivity contribution in [2.24, 2.45) is 0 Å². The van der Waals surface area contributed by atoms with Gasteiger partial charge in [0.25, 0.3) is 11.8 Å². The van der Waals surface area contributed by atoms with E-state index in [0.717, 1.165) is 23.3 Å². The van der Waals surface area contributed by atoms with Gasteiger partial charge in [0.2, 0.25) is 0 Å². The summed E-state index contributed by atoms with van der Waals surface area (Å²) in [6, 6.07) is 18.2. The van der Waals surface area contributed by atoms with E-state index in [1.807, 2.05) is 43.3 Å². The van der Waals surface area contributed by atoms with Gasteiger partial charge in [0, 0.05) is 12.2 Å². The van der Waals surface area contributed by atoms with Crippen molar-refractivity contribution in [2.75, 3.05) is 11.9 Å². The Kier molecular flexibility index (Phi) is 6.46. The third-order valence-corrected chi connectivity index (χ3v) is 4.16. The van der Waals surface area contributed by atoms with Crippen LogP contribution >= 0.6 is 0 Å². The van der Waals surface area contributed by atoms with E-state index < -0.39 is 0 Å². The summed E-state index contributed by atoms with van der Waals surface area (Å²) >= 11 is 0. The molecule has 0 saturated carbocycles. The lowest BCUT2D eigenvalue weighted by molar-refractivity contribution is -0.123. The Morgan fingerprint density at radius 2 is 1.79 bits per heavy atom. The number of amides is 2. The van der Waals surface area contributed by atoms with E-state index in [4.69, 9.17) is 9.15 Å². The standard InChI is InChI=1S/C22H22N2O4/c1-2-17-6-3-4-7-19(17)28-15-21(25)23-14-16-9-11-18(12-10-16)24-22(26)20-8-5-13-27-20/h3-13H,2,14-15H2,1H3,(H,23,25)(H,24,26). The van der Waals surface area contributed by atoms with Crippen molar-refractivity contribution in [1.82, 2.24) is 5.32 Å². The van der Waals surface area contributed by atoms with Crippen molar-refractivity contribution in [1.29, 1.82) is 0 Å². The van der Waals surface area contributed by atoms with Gasteiger partial charge in [-0.15, -0.1) is 0 Å². The van der Waals surface area contributed by atoms with Crippen molar-refractivity contribution < 1.29 is 18.7 Å². The minimum Gasteiger partial charge on any atom is -0.483 e. The fourth-order valence-corrected chi connectivity index (χ4v) is 2.64. The molecular weight excluding hydrogens is 356 g/mol. The van der Waals surface area contributed by atoms with E-state index in [9.17, 15) is 9.59 Å². The lowest BCUT2D eigenvalue weighted by atomic mass is 10.1. The summed E-state index contributed by atoms with van der Waals surface area (Å²) in [6.45, 7) is 2.39. The largest absolute Gasteiger partial charge is 0.483 e. The summed E-state index contributed by atoms with van der Waals surface area (Å²) in [5.74, 6) is 0.481. The second kappa shape index (κ2) is 9.41. The molecule has 144 valence electrons. The van der Waals surface area contributed by atoms with Crippen LogP contribution < -0.4 is 15.4 Å². The highest BCUT2D eigenvalue weighted by atomic mass is 16.5. The Bertz CT molecular complexity index is 918. The number of aryl methyl sites for hydroxylation is 1. The van der Waals surface area contributed by atoms with Crippen molar-refractivity contribution in [3.8, 4) is 5.75 Å². The number of para-hydroxylation sites is 1. The molecule has 0 bridgehead atoms. The van der Waals surface area contributed by atoms with Gasteiger partial charge in [-0.1, -0.05) is 37.3 Å². The maximum absolute atomic E-state index is 12.0. The summed E-state index contributed by atoms with van der Waals surface area (Å²) in [5, 5.41) is 5.57. The topological polar surface area (TPSA) is 80.6 Å². The number of benzene rings is 2. The Morgan fingerprint density at radius 1 is 1.00 bits per heavy atom. The fraction of sp³-hybridized carbons (Fsp3) is 0.182. The molecule has 2 aromatic carbocycles. The smallest absolute Gasteiger partial charge is 0.291 e. The van der Waals surface area contributed by atoms with Crippen LogP contribution in [0.1, 0.15) is 28.6 Å². The van der Waals surface area contributed by atoms with Gasteiger partial charge in [-0.2, -0.15) is 0 Å². The van der Waals surface area contributed by atoms with Crippen LogP contribution in [0.2, 0.25) is 0 Å². The molecule has 1 heterocycles. The number of ether oxygens (including phenoxy) is 1.